The van der Waals surface area contributed by atoms with Gasteiger partial charge >= 0.3 is 0 Å². The molecule has 1 heterocycles. The van der Waals surface area contributed by atoms with Crippen LogP contribution in [0.15, 0.2) is 18.2 Å². The molecule has 0 aromatic heterocycles. The van der Waals surface area contributed by atoms with E-state index in [2.05, 4.69) is 31.0 Å². The van der Waals surface area contributed by atoms with Crippen molar-refractivity contribution in [3.8, 4) is 11.5 Å². The molecule has 0 aliphatic carbocycles. The number of hydrogen-bond donors (Lipinski definition) is 3. The van der Waals surface area contributed by atoms with E-state index in [-0.39, 0.29) is 23.1 Å². The maximum absolute atomic E-state index is 9.95. The van der Waals surface area contributed by atoms with Gasteiger partial charge in [-0.15, -0.1) is 0 Å². The van der Waals surface area contributed by atoms with E-state index in [1.54, 1.807) is 12.1 Å². The van der Waals surface area contributed by atoms with Crippen LogP contribution in [0.1, 0.15) is 32.4 Å². The number of nitrogens with one attached hydrogen (secondary N) is 1. The van der Waals surface area contributed by atoms with Gasteiger partial charge in [0.25, 0.3) is 0 Å². The van der Waals surface area contributed by atoms with Crippen LogP contribution in [0.4, 0.5) is 0 Å². The Labute approximate surface area is 108 Å². The van der Waals surface area contributed by atoms with Crippen LogP contribution < -0.4 is 5.32 Å². The number of hydrogen-bond acceptors (Lipinski definition) is 4. The summed E-state index contributed by atoms with van der Waals surface area (Å²) >= 11 is 0. The lowest BCUT2D eigenvalue weighted by atomic mass is 9.94. The maximum atomic E-state index is 9.95. The molecule has 1 fully saturated rings. The van der Waals surface area contributed by atoms with Crippen molar-refractivity contribution in [3.05, 3.63) is 23.8 Å². The van der Waals surface area contributed by atoms with Crippen LogP contribution in [0, 0.1) is 0 Å². The van der Waals surface area contributed by atoms with Crippen molar-refractivity contribution in [1.29, 1.82) is 0 Å². The number of nitrogens with zero attached hydrogens (tertiary/aromatic N) is 1. The zero-order valence-corrected chi connectivity index (χ0v) is 11.3. The van der Waals surface area contributed by atoms with E-state index in [4.69, 9.17) is 0 Å². The molecule has 0 amide bonds. The highest BCUT2D eigenvalue weighted by molar-refractivity contribution is 5.40. The van der Waals surface area contributed by atoms with Gasteiger partial charge in [-0.2, -0.15) is 0 Å². The second kappa shape index (κ2) is 4.78. The summed E-state index contributed by atoms with van der Waals surface area (Å²) in [5.41, 5.74) is 0.820. The summed E-state index contributed by atoms with van der Waals surface area (Å²) in [6, 6.07) is 4.79. The molecule has 18 heavy (non-hydrogen) atoms. The molecule has 100 valence electrons. The summed E-state index contributed by atoms with van der Waals surface area (Å²) in [7, 11) is 0. The molecule has 1 aromatic rings. The Bertz CT molecular complexity index is 432. The summed E-state index contributed by atoms with van der Waals surface area (Å²) in [5.74, 6) is 0.442. The number of aromatic hydroxyl groups is 2. The number of piperazine rings is 1. The average Bonchev–Trinajstić information content (AvgIpc) is 2.31. The van der Waals surface area contributed by atoms with E-state index in [9.17, 15) is 10.2 Å². The molecule has 1 aromatic carbocycles. The summed E-state index contributed by atoms with van der Waals surface area (Å²) in [6.45, 7) is 9.26. The Morgan fingerprint density at radius 3 is 2.72 bits per heavy atom. The van der Waals surface area contributed by atoms with E-state index >= 15 is 0 Å². The monoisotopic (exact) mass is 250 g/mol. The molecular formula is C14H22N2O2. The Hall–Kier alpha value is -1.26. The van der Waals surface area contributed by atoms with Gasteiger partial charge in [-0.05, 0) is 39.0 Å². The van der Waals surface area contributed by atoms with E-state index in [0.29, 0.717) is 0 Å². The van der Waals surface area contributed by atoms with Crippen molar-refractivity contribution in [3.63, 3.8) is 0 Å². The molecule has 1 saturated heterocycles. The molecule has 1 unspecified atom stereocenters. The van der Waals surface area contributed by atoms with Crippen LogP contribution in [0.25, 0.3) is 0 Å². The predicted molar refractivity (Wildman–Crippen MR) is 71.8 cm³/mol. The van der Waals surface area contributed by atoms with Crippen LogP contribution in [0.5, 0.6) is 11.5 Å². The Balaban J connectivity index is 2.29. The first kappa shape index (κ1) is 13.2. The fourth-order valence-electron chi connectivity index (χ4n) is 2.76. The Morgan fingerprint density at radius 1 is 1.33 bits per heavy atom. The second-order valence-electron chi connectivity index (χ2n) is 5.60. The quantitative estimate of drug-likeness (QED) is 0.701. The second-order valence-corrected chi connectivity index (χ2v) is 5.60. The molecule has 4 nitrogen and oxygen atoms in total. The predicted octanol–water partition coefficient (Wildman–Crippen LogP) is 1.84. The van der Waals surface area contributed by atoms with Crippen molar-refractivity contribution in [2.45, 2.75) is 32.4 Å². The lowest BCUT2D eigenvalue weighted by Gasteiger charge is -2.46. The maximum Gasteiger partial charge on any atom is 0.120 e. The largest absolute Gasteiger partial charge is 0.508 e. The minimum absolute atomic E-state index is 0.0373. The summed E-state index contributed by atoms with van der Waals surface area (Å²) < 4.78 is 0. The van der Waals surface area contributed by atoms with Crippen molar-refractivity contribution in [2.75, 3.05) is 19.6 Å². The summed E-state index contributed by atoms with van der Waals surface area (Å²) in [6.07, 6.45) is 0. The summed E-state index contributed by atoms with van der Waals surface area (Å²) in [4.78, 5) is 2.36. The van der Waals surface area contributed by atoms with Crippen molar-refractivity contribution < 1.29 is 10.2 Å². The normalized spacial score (nSPS) is 21.7. The fraction of sp³-hybridized carbons (Fsp3) is 0.571. The number of phenolic OH excluding ortho intramolecular Hbond substituents is 2. The van der Waals surface area contributed by atoms with Crippen molar-refractivity contribution in [1.82, 2.24) is 10.2 Å². The Kier molecular flexibility index (Phi) is 3.50. The smallest absolute Gasteiger partial charge is 0.120 e. The van der Waals surface area contributed by atoms with E-state index in [1.165, 1.54) is 6.07 Å². The number of rotatable bonds is 2. The van der Waals surface area contributed by atoms with Gasteiger partial charge in [0.05, 0.1) is 0 Å². The molecule has 2 rings (SSSR count). The molecule has 1 aliphatic rings. The van der Waals surface area contributed by atoms with Crippen LogP contribution in [0.2, 0.25) is 0 Å². The first-order valence-corrected chi connectivity index (χ1v) is 6.41. The SMILES string of the molecule is CC(c1cc(O)ccc1O)N1CCNCC1(C)C. The number of phenols is 2. The highest BCUT2D eigenvalue weighted by Gasteiger charge is 2.34. The van der Waals surface area contributed by atoms with Gasteiger partial charge in [0.1, 0.15) is 11.5 Å². The van der Waals surface area contributed by atoms with Crippen molar-refractivity contribution >= 4 is 0 Å². The van der Waals surface area contributed by atoms with Gasteiger partial charge in [0, 0.05) is 36.8 Å². The van der Waals surface area contributed by atoms with Crippen LogP contribution >= 0.6 is 0 Å². The van der Waals surface area contributed by atoms with Crippen LogP contribution in [0.3, 0.4) is 0 Å². The summed E-state index contributed by atoms with van der Waals surface area (Å²) in [5, 5.41) is 22.9. The molecule has 1 atom stereocenters. The first-order chi connectivity index (χ1) is 8.42. The lowest BCUT2D eigenvalue weighted by Crippen LogP contribution is -2.58. The van der Waals surface area contributed by atoms with Crippen LogP contribution in [-0.4, -0.2) is 40.3 Å². The average molecular weight is 250 g/mol. The third-order valence-electron chi connectivity index (χ3n) is 3.79. The minimum Gasteiger partial charge on any atom is -0.508 e. The minimum atomic E-state index is 0.0373. The van der Waals surface area contributed by atoms with E-state index < -0.39 is 0 Å². The van der Waals surface area contributed by atoms with Gasteiger partial charge in [-0.3, -0.25) is 4.90 Å². The van der Waals surface area contributed by atoms with Gasteiger partial charge < -0.3 is 15.5 Å². The first-order valence-electron chi connectivity index (χ1n) is 6.41. The highest BCUT2D eigenvalue weighted by atomic mass is 16.3. The molecule has 4 heteroatoms. The van der Waals surface area contributed by atoms with Crippen LogP contribution in [-0.2, 0) is 0 Å². The lowest BCUT2D eigenvalue weighted by molar-refractivity contribution is 0.0506. The van der Waals surface area contributed by atoms with E-state index in [1.807, 2.05) is 0 Å². The fourth-order valence-corrected chi connectivity index (χ4v) is 2.76. The third kappa shape index (κ3) is 2.44. The topological polar surface area (TPSA) is 55.7 Å². The zero-order valence-electron chi connectivity index (χ0n) is 11.3. The molecular weight excluding hydrogens is 228 g/mol. The van der Waals surface area contributed by atoms with E-state index in [0.717, 1.165) is 25.2 Å². The third-order valence-corrected chi connectivity index (χ3v) is 3.79. The Morgan fingerprint density at radius 2 is 2.06 bits per heavy atom. The zero-order chi connectivity index (χ0) is 13.3. The van der Waals surface area contributed by atoms with Gasteiger partial charge in [-0.1, -0.05) is 0 Å². The standard InChI is InChI=1S/C14H22N2O2/c1-10(12-8-11(17)4-5-13(12)18)16-7-6-15-9-14(16,2)3/h4-5,8,10,15,17-18H,6-7,9H2,1-3H3. The molecule has 3 N–H and O–H groups in total. The molecule has 0 radical (unpaired) electrons. The van der Waals surface area contributed by atoms with Gasteiger partial charge in [0.15, 0.2) is 0 Å². The molecule has 0 bridgehead atoms. The van der Waals surface area contributed by atoms with Gasteiger partial charge in [-0.25, -0.2) is 0 Å². The van der Waals surface area contributed by atoms with Gasteiger partial charge in [0.2, 0.25) is 0 Å². The molecule has 0 spiro atoms. The molecule has 0 saturated carbocycles. The highest BCUT2D eigenvalue weighted by Crippen LogP contribution is 2.35. The number of benzene rings is 1. The molecule has 1 aliphatic heterocycles. The van der Waals surface area contributed by atoms with Crippen molar-refractivity contribution in [2.24, 2.45) is 0 Å².